The Morgan fingerprint density at radius 1 is 0.456 bits per heavy atom. The van der Waals surface area contributed by atoms with E-state index in [-0.39, 0.29) is 5.41 Å². The minimum atomic E-state index is -0.293. The Bertz CT molecular complexity index is 3700. The summed E-state index contributed by atoms with van der Waals surface area (Å²) in [7, 11) is 0. The molecule has 57 heavy (non-hydrogen) atoms. The molecule has 0 aliphatic heterocycles. The van der Waals surface area contributed by atoms with Crippen LogP contribution in [0, 0.1) is 0 Å². The van der Waals surface area contributed by atoms with Crippen LogP contribution in [0.1, 0.15) is 25.0 Å². The summed E-state index contributed by atoms with van der Waals surface area (Å²) in [5.41, 5.74) is 8.67. The van der Waals surface area contributed by atoms with Crippen molar-refractivity contribution in [2.75, 3.05) is 0 Å². The van der Waals surface area contributed by atoms with E-state index in [9.17, 15) is 0 Å². The second-order valence-corrected chi connectivity index (χ2v) is 17.1. The van der Waals surface area contributed by atoms with Crippen LogP contribution in [0.2, 0.25) is 0 Å². The number of benzene rings is 9. The van der Waals surface area contributed by atoms with Crippen LogP contribution in [0.5, 0.6) is 0 Å². The van der Waals surface area contributed by atoms with Crippen molar-refractivity contribution in [3.05, 3.63) is 175 Å². The monoisotopic (exact) mass is 743 g/mol. The maximum atomic E-state index is 5.73. The molecule has 0 saturated carbocycles. The molecule has 0 spiro atoms. The average molecular weight is 744 g/mol. The molecule has 13 rings (SSSR count). The SMILES string of the molecule is CC1(C)c2ccccc2-c2nc(-n3c4ccc5ccccc5c4c4c5c6ccccc6c6ccccc6c5ccc43)nc(-c3ccc4sc5ccccc5c4c3)c21. The molecule has 12 aromatic rings. The average Bonchev–Trinajstić information content (AvgIpc) is 3.88. The normalized spacial score (nSPS) is 13.6. The lowest BCUT2D eigenvalue weighted by Crippen LogP contribution is -2.18. The Morgan fingerprint density at radius 2 is 1.05 bits per heavy atom. The number of hydrogen-bond donors (Lipinski definition) is 0. The molecule has 3 nitrogen and oxygen atoms in total. The molecular formula is C53H33N3S. The Hall–Kier alpha value is -6.88. The van der Waals surface area contributed by atoms with Gasteiger partial charge in [-0.15, -0.1) is 11.3 Å². The van der Waals surface area contributed by atoms with Gasteiger partial charge >= 0.3 is 0 Å². The van der Waals surface area contributed by atoms with Gasteiger partial charge in [-0.05, 0) is 73.6 Å². The van der Waals surface area contributed by atoms with Crippen LogP contribution in [0.25, 0.3) is 114 Å². The van der Waals surface area contributed by atoms with Crippen molar-refractivity contribution in [1.29, 1.82) is 0 Å². The van der Waals surface area contributed by atoms with E-state index in [1.807, 2.05) is 11.3 Å². The van der Waals surface area contributed by atoms with E-state index in [0.29, 0.717) is 5.95 Å². The van der Waals surface area contributed by atoms with Crippen molar-refractivity contribution < 1.29 is 0 Å². The molecule has 0 saturated heterocycles. The van der Waals surface area contributed by atoms with Gasteiger partial charge in [0.25, 0.3) is 0 Å². The molecule has 0 bridgehead atoms. The highest BCUT2D eigenvalue weighted by molar-refractivity contribution is 7.25. The standard InChI is InChI=1S/C53H33N3S/c1-53(2)41-21-11-9-20-39(41)51-49(53)50(31-24-28-45-40(29-31)36-18-10-12-22-44(36)57-45)54-52(55-51)56-42-26-23-30-13-3-4-14-32(30)47(42)48-43(56)27-25-38-35-17-6-5-15-33(35)34-16-7-8-19-37(34)46(38)48/h3-29H,1-2H3. The van der Waals surface area contributed by atoms with Crippen LogP contribution in [-0.2, 0) is 5.41 Å². The van der Waals surface area contributed by atoms with Crippen LogP contribution < -0.4 is 0 Å². The lowest BCUT2D eigenvalue weighted by molar-refractivity contribution is 0.657. The molecule has 4 heteroatoms. The minimum Gasteiger partial charge on any atom is -0.278 e. The molecule has 1 aliphatic carbocycles. The predicted octanol–water partition coefficient (Wildman–Crippen LogP) is 14.5. The number of thiophene rings is 1. The van der Waals surface area contributed by atoms with Crippen LogP contribution in [0.4, 0.5) is 0 Å². The highest BCUT2D eigenvalue weighted by Gasteiger charge is 2.40. The summed E-state index contributed by atoms with van der Waals surface area (Å²) in [4.78, 5) is 11.4. The van der Waals surface area contributed by atoms with E-state index < -0.39 is 0 Å². The van der Waals surface area contributed by atoms with Crippen molar-refractivity contribution in [3.8, 4) is 28.5 Å². The summed E-state index contributed by atoms with van der Waals surface area (Å²) in [5, 5.41) is 15.0. The third-order valence-corrected chi connectivity index (χ3v) is 13.9. The summed E-state index contributed by atoms with van der Waals surface area (Å²) in [6.07, 6.45) is 0. The third-order valence-electron chi connectivity index (χ3n) is 12.8. The zero-order valence-corrected chi connectivity index (χ0v) is 32.2. The topological polar surface area (TPSA) is 30.7 Å². The van der Waals surface area contributed by atoms with Crippen molar-refractivity contribution in [3.63, 3.8) is 0 Å². The quantitative estimate of drug-likeness (QED) is 0.165. The fourth-order valence-corrected chi connectivity index (χ4v) is 11.4. The second kappa shape index (κ2) is 11.1. The predicted molar refractivity (Wildman–Crippen MR) is 242 cm³/mol. The van der Waals surface area contributed by atoms with Crippen LogP contribution in [0.3, 0.4) is 0 Å². The van der Waals surface area contributed by atoms with E-state index in [1.165, 1.54) is 90.7 Å². The second-order valence-electron chi connectivity index (χ2n) is 16.1. The van der Waals surface area contributed by atoms with Crippen molar-refractivity contribution in [1.82, 2.24) is 14.5 Å². The van der Waals surface area contributed by atoms with Crippen LogP contribution in [-0.4, -0.2) is 14.5 Å². The van der Waals surface area contributed by atoms with Gasteiger partial charge in [0.15, 0.2) is 0 Å². The third kappa shape index (κ3) is 4.10. The first-order valence-electron chi connectivity index (χ1n) is 19.7. The summed E-state index contributed by atoms with van der Waals surface area (Å²) >= 11 is 1.85. The van der Waals surface area contributed by atoms with Gasteiger partial charge < -0.3 is 0 Å². The molecule has 266 valence electrons. The summed E-state index contributed by atoms with van der Waals surface area (Å²) in [6, 6.07) is 60.2. The van der Waals surface area contributed by atoms with E-state index >= 15 is 0 Å². The van der Waals surface area contributed by atoms with E-state index in [0.717, 1.165) is 28.0 Å². The molecule has 0 N–H and O–H groups in total. The number of rotatable bonds is 2. The van der Waals surface area contributed by atoms with Crippen LogP contribution >= 0.6 is 11.3 Å². The van der Waals surface area contributed by atoms with Gasteiger partial charge in [-0.1, -0.05) is 147 Å². The summed E-state index contributed by atoms with van der Waals surface area (Å²) in [6.45, 7) is 4.66. The largest absolute Gasteiger partial charge is 0.278 e. The summed E-state index contributed by atoms with van der Waals surface area (Å²) in [5.74, 6) is 0.686. The van der Waals surface area contributed by atoms with Crippen LogP contribution in [0.15, 0.2) is 164 Å². The van der Waals surface area contributed by atoms with E-state index in [1.54, 1.807) is 0 Å². The Balaban J connectivity index is 1.21. The van der Waals surface area contributed by atoms with Gasteiger partial charge in [0, 0.05) is 58.4 Å². The van der Waals surface area contributed by atoms with Gasteiger partial charge in [0.2, 0.25) is 5.95 Å². The molecule has 3 aromatic heterocycles. The summed E-state index contributed by atoms with van der Waals surface area (Å²) < 4.78 is 4.93. The molecular weight excluding hydrogens is 711 g/mol. The van der Waals surface area contributed by atoms with Gasteiger partial charge in [-0.3, -0.25) is 4.57 Å². The number of aromatic nitrogens is 3. The first kappa shape index (κ1) is 31.3. The van der Waals surface area contributed by atoms with Gasteiger partial charge in [0.1, 0.15) is 0 Å². The maximum absolute atomic E-state index is 5.73. The fraction of sp³-hybridized carbons (Fsp3) is 0.0566. The fourth-order valence-electron chi connectivity index (χ4n) is 10.3. The molecule has 1 aliphatic rings. The van der Waals surface area contributed by atoms with Gasteiger partial charge in [0.05, 0.1) is 22.4 Å². The lowest BCUT2D eigenvalue weighted by atomic mass is 9.81. The smallest absolute Gasteiger partial charge is 0.235 e. The zero-order valence-electron chi connectivity index (χ0n) is 31.3. The molecule has 0 amide bonds. The molecule has 0 unspecified atom stereocenters. The minimum absolute atomic E-state index is 0.293. The molecule has 3 heterocycles. The number of hydrogen-bond acceptors (Lipinski definition) is 3. The first-order valence-corrected chi connectivity index (χ1v) is 20.5. The highest BCUT2D eigenvalue weighted by Crippen LogP contribution is 2.52. The molecule has 0 atom stereocenters. The van der Waals surface area contributed by atoms with Gasteiger partial charge in [-0.2, -0.15) is 0 Å². The lowest BCUT2D eigenvalue weighted by Gasteiger charge is -2.24. The molecule has 0 radical (unpaired) electrons. The maximum Gasteiger partial charge on any atom is 0.235 e. The Kier molecular flexibility index (Phi) is 6.12. The first-order chi connectivity index (χ1) is 28.0. The molecule has 9 aromatic carbocycles. The molecule has 0 fully saturated rings. The Labute approximate surface area is 332 Å². The Morgan fingerprint density at radius 3 is 1.88 bits per heavy atom. The highest BCUT2D eigenvalue weighted by atomic mass is 32.1. The van der Waals surface area contributed by atoms with Crippen molar-refractivity contribution >= 4 is 96.4 Å². The van der Waals surface area contributed by atoms with E-state index in [2.05, 4.69) is 182 Å². The van der Waals surface area contributed by atoms with Gasteiger partial charge in [-0.25, -0.2) is 9.97 Å². The van der Waals surface area contributed by atoms with Crippen molar-refractivity contribution in [2.45, 2.75) is 19.3 Å². The van der Waals surface area contributed by atoms with Crippen molar-refractivity contribution in [2.24, 2.45) is 0 Å². The van der Waals surface area contributed by atoms with E-state index in [4.69, 9.17) is 9.97 Å². The number of nitrogens with zero attached hydrogens (tertiary/aromatic N) is 3. The number of fused-ring (bicyclic) bond motifs is 18. The zero-order chi connectivity index (χ0) is 37.6.